The summed E-state index contributed by atoms with van der Waals surface area (Å²) in [6.45, 7) is -0.437. The molecule has 2 heterocycles. The Morgan fingerprint density at radius 3 is 2.46 bits per heavy atom. The van der Waals surface area contributed by atoms with Crippen molar-refractivity contribution >= 4 is 5.91 Å². The Hall–Kier alpha value is -3.90. The van der Waals surface area contributed by atoms with Gasteiger partial charge < -0.3 is 15.0 Å². The molecule has 3 aromatic rings. The molecule has 0 unspecified atom stereocenters. The Kier molecular flexibility index (Phi) is 7.46. The molecule has 0 radical (unpaired) electrons. The van der Waals surface area contributed by atoms with Gasteiger partial charge in [0.15, 0.2) is 0 Å². The van der Waals surface area contributed by atoms with Crippen molar-refractivity contribution in [2.24, 2.45) is 5.92 Å². The zero-order chi connectivity index (χ0) is 25.9. The fraction of sp³-hybridized carbons (Fsp3) is 0.273. The molecule has 2 N–H and O–H groups in total. The summed E-state index contributed by atoms with van der Waals surface area (Å²) in [6.07, 6.45) is -5.02. The van der Waals surface area contributed by atoms with Crippen LogP contribution in [0.5, 0.6) is 5.88 Å². The molecule has 186 valence electrons. The fourth-order valence-electron chi connectivity index (χ4n) is 3.03. The lowest BCUT2D eigenvalue weighted by Gasteiger charge is -2.17. The van der Waals surface area contributed by atoms with Gasteiger partial charge in [-0.15, -0.1) is 0 Å². The molecular weight excluding hydrogens is 482 g/mol. The zero-order valence-electron chi connectivity index (χ0n) is 18.2. The highest BCUT2D eigenvalue weighted by atomic mass is 19.4. The number of alkyl halides is 5. The van der Waals surface area contributed by atoms with Gasteiger partial charge in [0.25, 0.3) is 5.56 Å². The van der Waals surface area contributed by atoms with E-state index in [9.17, 15) is 31.5 Å². The first-order chi connectivity index (χ1) is 16.4. The Morgan fingerprint density at radius 2 is 1.83 bits per heavy atom. The van der Waals surface area contributed by atoms with E-state index in [0.29, 0.717) is 6.07 Å². The van der Waals surface area contributed by atoms with Crippen LogP contribution in [0.15, 0.2) is 41.2 Å². The number of rotatable bonds is 7. The molecule has 2 aromatic heterocycles. The first kappa shape index (κ1) is 25.7. The summed E-state index contributed by atoms with van der Waals surface area (Å²) in [7, 11) is 0. The largest absolute Gasteiger partial charge is 0.417 e. The minimum absolute atomic E-state index is 0.176. The number of hydrogen-bond donors (Lipinski definition) is 2. The van der Waals surface area contributed by atoms with Crippen molar-refractivity contribution in [2.45, 2.75) is 33.2 Å². The number of carbonyl (C=O) groups is 1. The number of nitrogens with zero attached hydrogens (tertiary/aromatic N) is 2. The van der Waals surface area contributed by atoms with E-state index < -0.39 is 65.4 Å². The summed E-state index contributed by atoms with van der Waals surface area (Å²) in [5, 5.41) is 2.41. The number of aromatic amines is 1. The molecule has 1 aromatic carbocycles. The molecule has 0 aliphatic rings. The zero-order valence-corrected chi connectivity index (χ0v) is 18.2. The average Bonchev–Trinajstić information content (AvgIpc) is 2.76. The number of nitrogens with one attached hydrogen (secondary N) is 2. The van der Waals surface area contributed by atoms with Crippen molar-refractivity contribution in [2.75, 3.05) is 0 Å². The minimum atomic E-state index is -5.02. The number of pyridine rings is 1. The van der Waals surface area contributed by atoms with Crippen LogP contribution in [0.4, 0.5) is 26.3 Å². The van der Waals surface area contributed by atoms with Crippen molar-refractivity contribution in [1.82, 2.24) is 20.3 Å². The van der Waals surface area contributed by atoms with Gasteiger partial charge in [-0.25, -0.2) is 14.4 Å². The number of aromatic nitrogens is 3. The third kappa shape index (κ3) is 6.16. The maximum absolute atomic E-state index is 15.3. The topological polar surface area (TPSA) is 97.0 Å². The average molecular weight is 500 g/mol. The molecule has 7 nitrogen and oxygen atoms in total. The van der Waals surface area contributed by atoms with Crippen LogP contribution >= 0.6 is 0 Å². The maximum atomic E-state index is 15.3. The van der Waals surface area contributed by atoms with Gasteiger partial charge >= 0.3 is 12.8 Å². The Morgan fingerprint density at radius 1 is 1.11 bits per heavy atom. The second-order valence-corrected chi connectivity index (χ2v) is 7.55. The van der Waals surface area contributed by atoms with Gasteiger partial charge in [0.05, 0.1) is 22.5 Å². The van der Waals surface area contributed by atoms with Gasteiger partial charge in [0.2, 0.25) is 11.8 Å². The molecule has 0 aliphatic carbocycles. The number of benzene rings is 1. The fourth-order valence-corrected chi connectivity index (χ4v) is 3.03. The van der Waals surface area contributed by atoms with Crippen molar-refractivity contribution in [3.63, 3.8) is 0 Å². The van der Waals surface area contributed by atoms with Crippen LogP contribution in [0.3, 0.4) is 0 Å². The summed E-state index contributed by atoms with van der Waals surface area (Å²) < 4.78 is 85.6. The maximum Gasteiger partial charge on any atom is 0.417 e. The normalized spacial score (nSPS) is 11.7. The molecule has 0 bridgehead atoms. The molecule has 0 aliphatic heterocycles. The van der Waals surface area contributed by atoms with E-state index in [1.54, 1.807) is 13.8 Å². The van der Waals surface area contributed by atoms with Gasteiger partial charge in [-0.05, 0) is 12.1 Å². The molecule has 0 spiro atoms. The Balaban J connectivity index is 2.14. The highest BCUT2D eigenvalue weighted by molar-refractivity contribution is 5.78. The van der Waals surface area contributed by atoms with E-state index in [-0.39, 0.29) is 17.0 Å². The number of H-pyrrole nitrogens is 1. The minimum Gasteiger partial charge on any atom is -0.417 e. The van der Waals surface area contributed by atoms with E-state index in [1.165, 1.54) is 12.1 Å². The van der Waals surface area contributed by atoms with E-state index in [1.807, 2.05) is 0 Å². The molecule has 0 fully saturated rings. The first-order valence-electron chi connectivity index (χ1n) is 10.1. The van der Waals surface area contributed by atoms with Crippen molar-refractivity contribution in [3.05, 3.63) is 63.7 Å². The molecule has 1 amide bonds. The van der Waals surface area contributed by atoms with Gasteiger partial charge in [0, 0.05) is 30.2 Å². The first-order valence-corrected chi connectivity index (χ1v) is 10.1. The van der Waals surface area contributed by atoms with Crippen molar-refractivity contribution in [3.8, 4) is 28.7 Å². The van der Waals surface area contributed by atoms with Crippen molar-refractivity contribution < 1.29 is 35.9 Å². The number of carbonyl (C=O) groups excluding carboxylic acids is 1. The van der Waals surface area contributed by atoms with Crippen LogP contribution in [0.2, 0.25) is 0 Å². The standard InChI is InChI=1S/C22H18F6N4O3/c1-10(2)20(34)29-9-11-6-7-12(22(26,27)28)17(18(11)23)19-31-14(8-15(33)32-19)13-4-3-5-16(30-13)35-21(24)25/h3-8,10,21H,9H2,1-2H3,(H,29,34)(H,31,32,33). The molecule has 0 saturated heterocycles. The van der Waals surface area contributed by atoms with Crippen LogP contribution in [0, 0.1) is 11.7 Å². The number of ether oxygens (including phenoxy) is 1. The molecule has 0 atom stereocenters. The predicted molar refractivity (Wildman–Crippen MR) is 112 cm³/mol. The third-order valence-corrected chi connectivity index (χ3v) is 4.68. The smallest absolute Gasteiger partial charge is 0.417 e. The van der Waals surface area contributed by atoms with Crippen LogP contribution < -0.4 is 15.6 Å². The lowest BCUT2D eigenvalue weighted by atomic mass is 10.0. The molecule has 0 saturated carbocycles. The van der Waals surface area contributed by atoms with E-state index >= 15 is 4.39 Å². The summed E-state index contributed by atoms with van der Waals surface area (Å²) in [5.74, 6) is -3.54. The van der Waals surface area contributed by atoms with Crippen LogP contribution in [0.25, 0.3) is 22.8 Å². The van der Waals surface area contributed by atoms with Crippen LogP contribution in [-0.2, 0) is 17.5 Å². The monoisotopic (exact) mass is 500 g/mol. The molecule has 13 heteroatoms. The van der Waals surface area contributed by atoms with E-state index in [0.717, 1.165) is 18.2 Å². The Bertz CT molecular complexity index is 1290. The predicted octanol–water partition coefficient (Wildman–Crippen LogP) is 4.53. The quantitative estimate of drug-likeness (QED) is 0.465. The molecular formula is C22H18F6N4O3. The highest BCUT2D eigenvalue weighted by Crippen LogP contribution is 2.38. The lowest BCUT2D eigenvalue weighted by Crippen LogP contribution is -2.27. The Labute approximate surface area is 194 Å². The van der Waals surface area contributed by atoms with E-state index in [2.05, 4.69) is 25.0 Å². The molecule has 3 rings (SSSR count). The van der Waals surface area contributed by atoms with Crippen molar-refractivity contribution in [1.29, 1.82) is 0 Å². The number of halogens is 6. The van der Waals surface area contributed by atoms with Gasteiger partial charge in [-0.2, -0.15) is 22.0 Å². The van der Waals surface area contributed by atoms with Gasteiger partial charge in [0.1, 0.15) is 11.6 Å². The summed E-state index contributed by atoms with van der Waals surface area (Å²) in [5.41, 5.74) is -4.18. The third-order valence-electron chi connectivity index (χ3n) is 4.68. The van der Waals surface area contributed by atoms with Gasteiger partial charge in [-0.3, -0.25) is 9.59 Å². The second kappa shape index (κ2) is 10.2. The van der Waals surface area contributed by atoms with Crippen LogP contribution in [-0.4, -0.2) is 27.5 Å². The van der Waals surface area contributed by atoms with E-state index in [4.69, 9.17) is 0 Å². The summed E-state index contributed by atoms with van der Waals surface area (Å²) in [4.78, 5) is 33.8. The lowest BCUT2D eigenvalue weighted by molar-refractivity contribution is -0.137. The summed E-state index contributed by atoms with van der Waals surface area (Å²) in [6, 6.07) is 5.94. The number of amides is 1. The van der Waals surface area contributed by atoms with Crippen LogP contribution in [0.1, 0.15) is 25.0 Å². The summed E-state index contributed by atoms with van der Waals surface area (Å²) >= 11 is 0. The SMILES string of the molecule is CC(C)C(=O)NCc1ccc(C(F)(F)F)c(-c2nc(-c3cccc(OC(F)F)n3)cc(=O)[nH]2)c1F. The highest BCUT2D eigenvalue weighted by Gasteiger charge is 2.37. The molecule has 35 heavy (non-hydrogen) atoms. The second-order valence-electron chi connectivity index (χ2n) is 7.55. The van der Waals surface area contributed by atoms with Gasteiger partial charge in [-0.1, -0.05) is 26.0 Å². The number of hydrogen-bond acceptors (Lipinski definition) is 5.